The number of alkyl halides is 3. The van der Waals surface area contributed by atoms with Gasteiger partial charge in [0.2, 0.25) is 0 Å². The van der Waals surface area contributed by atoms with Gasteiger partial charge in [-0.1, -0.05) is 12.1 Å². The molecule has 0 aliphatic carbocycles. The third-order valence-electron chi connectivity index (χ3n) is 3.52. The first-order valence-corrected chi connectivity index (χ1v) is 7.46. The van der Waals surface area contributed by atoms with E-state index in [1.165, 1.54) is 12.1 Å². The van der Waals surface area contributed by atoms with E-state index in [0.29, 0.717) is 18.5 Å². The molecule has 0 saturated carbocycles. The number of ether oxygens (including phenoxy) is 1. The van der Waals surface area contributed by atoms with Gasteiger partial charge in [-0.05, 0) is 51.4 Å². The van der Waals surface area contributed by atoms with E-state index in [1.807, 2.05) is 0 Å². The first-order chi connectivity index (χ1) is 10.6. The van der Waals surface area contributed by atoms with Crippen molar-refractivity contribution in [3.8, 4) is 0 Å². The smallest absolute Gasteiger partial charge is 0.416 e. The molecule has 1 fully saturated rings. The molecule has 1 aromatic carbocycles. The number of hydrogen-bond donors (Lipinski definition) is 2. The zero-order chi connectivity index (χ0) is 17.3. The molecule has 1 aromatic rings. The van der Waals surface area contributed by atoms with Gasteiger partial charge in [0, 0.05) is 0 Å². The summed E-state index contributed by atoms with van der Waals surface area (Å²) < 4.78 is 43.1. The van der Waals surface area contributed by atoms with Crippen molar-refractivity contribution in [1.29, 1.82) is 0 Å². The Hall–Kier alpha value is -1.76. The third kappa shape index (κ3) is 4.86. The maximum atomic E-state index is 12.6. The Balaban J connectivity index is 2.05. The molecule has 1 aliphatic heterocycles. The molecule has 0 bridgehead atoms. The molecule has 7 heteroatoms. The molecule has 1 heterocycles. The van der Waals surface area contributed by atoms with Gasteiger partial charge < -0.3 is 15.4 Å². The van der Waals surface area contributed by atoms with Crippen LogP contribution in [0.25, 0.3) is 0 Å². The summed E-state index contributed by atoms with van der Waals surface area (Å²) >= 11 is 0. The van der Waals surface area contributed by atoms with Crippen molar-refractivity contribution >= 4 is 6.09 Å². The van der Waals surface area contributed by atoms with Crippen LogP contribution in [0.5, 0.6) is 0 Å². The van der Waals surface area contributed by atoms with Gasteiger partial charge in [0.05, 0.1) is 17.6 Å². The van der Waals surface area contributed by atoms with Gasteiger partial charge in [-0.2, -0.15) is 13.2 Å². The number of benzene rings is 1. The van der Waals surface area contributed by atoms with Crippen LogP contribution in [-0.4, -0.2) is 24.3 Å². The van der Waals surface area contributed by atoms with Crippen LogP contribution in [-0.2, 0) is 10.9 Å². The van der Waals surface area contributed by atoms with Crippen molar-refractivity contribution in [2.24, 2.45) is 0 Å². The van der Waals surface area contributed by atoms with Crippen molar-refractivity contribution in [2.45, 2.75) is 51.1 Å². The highest BCUT2D eigenvalue weighted by Crippen LogP contribution is 2.31. The molecule has 0 radical (unpaired) electrons. The van der Waals surface area contributed by atoms with Crippen LogP contribution in [0.15, 0.2) is 24.3 Å². The Morgan fingerprint density at radius 3 is 2.35 bits per heavy atom. The molecule has 0 unspecified atom stereocenters. The number of carbonyl (C=O) groups is 1. The maximum Gasteiger partial charge on any atom is 0.416 e. The van der Waals surface area contributed by atoms with Gasteiger partial charge in [-0.3, -0.25) is 0 Å². The second-order valence-corrected chi connectivity index (χ2v) is 6.59. The molecule has 1 amide bonds. The number of halogens is 3. The average Bonchev–Trinajstić information content (AvgIpc) is 2.83. The highest BCUT2D eigenvalue weighted by Gasteiger charge is 2.33. The minimum atomic E-state index is -4.35. The molecule has 1 saturated heterocycles. The Morgan fingerprint density at radius 2 is 1.83 bits per heavy atom. The summed E-state index contributed by atoms with van der Waals surface area (Å²) in [6.07, 6.45) is -4.19. The average molecular weight is 330 g/mol. The highest BCUT2D eigenvalue weighted by atomic mass is 19.4. The summed E-state index contributed by atoms with van der Waals surface area (Å²) in [4.78, 5) is 11.9. The van der Waals surface area contributed by atoms with Crippen LogP contribution >= 0.6 is 0 Å². The van der Waals surface area contributed by atoms with Crippen LogP contribution in [0.1, 0.15) is 44.4 Å². The van der Waals surface area contributed by atoms with Crippen molar-refractivity contribution in [2.75, 3.05) is 6.54 Å². The van der Waals surface area contributed by atoms with Crippen LogP contribution < -0.4 is 10.6 Å². The fourth-order valence-corrected chi connectivity index (χ4v) is 2.55. The number of amides is 1. The number of hydrogen-bond acceptors (Lipinski definition) is 3. The Bertz CT molecular complexity index is 550. The number of alkyl carbamates (subject to hydrolysis) is 1. The number of carbonyl (C=O) groups excluding carboxylic acids is 1. The molecule has 0 spiro atoms. The van der Waals surface area contributed by atoms with E-state index in [-0.39, 0.29) is 12.1 Å². The normalized spacial score (nSPS) is 22.0. The van der Waals surface area contributed by atoms with E-state index in [9.17, 15) is 18.0 Å². The topological polar surface area (TPSA) is 50.4 Å². The first-order valence-electron chi connectivity index (χ1n) is 7.46. The predicted octanol–water partition coefficient (Wildman–Crippen LogP) is 3.63. The van der Waals surface area contributed by atoms with E-state index in [2.05, 4.69) is 10.6 Å². The predicted molar refractivity (Wildman–Crippen MR) is 80.0 cm³/mol. The van der Waals surface area contributed by atoms with E-state index in [4.69, 9.17) is 4.74 Å². The van der Waals surface area contributed by atoms with Gasteiger partial charge in [0.15, 0.2) is 0 Å². The highest BCUT2D eigenvalue weighted by molar-refractivity contribution is 5.68. The second-order valence-electron chi connectivity index (χ2n) is 6.59. The van der Waals surface area contributed by atoms with E-state index < -0.39 is 23.4 Å². The summed E-state index contributed by atoms with van der Waals surface area (Å²) in [5.41, 5.74) is -0.576. The third-order valence-corrected chi connectivity index (χ3v) is 3.52. The first kappa shape index (κ1) is 17.6. The summed E-state index contributed by atoms with van der Waals surface area (Å²) in [5.74, 6) is 0. The maximum absolute atomic E-state index is 12.6. The lowest BCUT2D eigenvalue weighted by Crippen LogP contribution is -2.41. The number of nitrogens with one attached hydrogen (secondary N) is 2. The number of rotatable bonds is 2. The van der Waals surface area contributed by atoms with Crippen molar-refractivity contribution in [3.05, 3.63) is 35.4 Å². The van der Waals surface area contributed by atoms with Crippen LogP contribution in [0.2, 0.25) is 0 Å². The van der Waals surface area contributed by atoms with Crippen LogP contribution in [0.3, 0.4) is 0 Å². The molecule has 2 atom stereocenters. The lowest BCUT2D eigenvalue weighted by Gasteiger charge is -2.25. The largest absolute Gasteiger partial charge is 0.444 e. The summed E-state index contributed by atoms with van der Waals surface area (Å²) in [5, 5.41) is 5.98. The van der Waals surface area contributed by atoms with Crippen molar-refractivity contribution in [1.82, 2.24) is 10.6 Å². The van der Waals surface area contributed by atoms with E-state index in [0.717, 1.165) is 12.1 Å². The minimum absolute atomic E-state index is 0.221. The zero-order valence-electron chi connectivity index (χ0n) is 13.3. The van der Waals surface area contributed by atoms with Gasteiger partial charge in [-0.15, -0.1) is 0 Å². The van der Waals surface area contributed by atoms with E-state index >= 15 is 0 Å². The van der Waals surface area contributed by atoms with E-state index in [1.54, 1.807) is 20.8 Å². The van der Waals surface area contributed by atoms with Crippen LogP contribution in [0.4, 0.5) is 18.0 Å². The Labute approximate surface area is 133 Å². The monoisotopic (exact) mass is 330 g/mol. The van der Waals surface area contributed by atoms with Crippen molar-refractivity contribution in [3.63, 3.8) is 0 Å². The Kier molecular flexibility index (Phi) is 4.89. The molecule has 23 heavy (non-hydrogen) atoms. The fourth-order valence-electron chi connectivity index (χ4n) is 2.55. The molecular formula is C16H21F3N2O2. The lowest BCUT2D eigenvalue weighted by atomic mass is 9.99. The molecule has 128 valence electrons. The second kappa shape index (κ2) is 6.39. The molecule has 4 nitrogen and oxygen atoms in total. The fraction of sp³-hybridized carbons (Fsp3) is 0.562. The molecule has 1 aliphatic rings. The van der Waals surface area contributed by atoms with Gasteiger partial charge in [-0.25, -0.2) is 4.79 Å². The Morgan fingerprint density at radius 1 is 1.22 bits per heavy atom. The van der Waals surface area contributed by atoms with Gasteiger partial charge >= 0.3 is 12.3 Å². The quantitative estimate of drug-likeness (QED) is 0.870. The zero-order valence-corrected chi connectivity index (χ0v) is 13.3. The van der Waals surface area contributed by atoms with Crippen molar-refractivity contribution < 1.29 is 22.7 Å². The van der Waals surface area contributed by atoms with Gasteiger partial charge in [0.1, 0.15) is 5.60 Å². The van der Waals surface area contributed by atoms with Crippen LogP contribution in [0, 0.1) is 0 Å². The summed E-state index contributed by atoms with van der Waals surface area (Å²) in [6.45, 7) is 5.98. The SMILES string of the molecule is CC(C)(C)OC(=O)N[C@@H]1CCN[C@H]1c1ccc(C(F)(F)F)cc1. The summed E-state index contributed by atoms with van der Waals surface area (Å²) in [7, 11) is 0. The molecule has 0 aromatic heterocycles. The lowest BCUT2D eigenvalue weighted by molar-refractivity contribution is -0.137. The standard InChI is InChI=1S/C16H21F3N2O2/c1-15(2,3)23-14(22)21-12-8-9-20-13(12)10-4-6-11(7-5-10)16(17,18)19/h4-7,12-13,20H,8-9H2,1-3H3,(H,21,22)/t12-,13+/m1/s1. The molecule has 2 N–H and O–H groups in total. The van der Waals surface area contributed by atoms with Gasteiger partial charge in [0.25, 0.3) is 0 Å². The molecule has 2 rings (SSSR count). The summed E-state index contributed by atoms with van der Waals surface area (Å²) in [6, 6.07) is 4.54. The molecular weight excluding hydrogens is 309 g/mol. The minimum Gasteiger partial charge on any atom is -0.444 e.